The summed E-state index contributed by atoms with van der Waals surface area (Å²) in [7, 11) is 0. The number of phenolic OH excluding ortho intramolecular Hbond substituents is 1. The molecule has 0 fully saturated rings. The smallest absolute Gasteiger partial charge is 0.297 e. The molecule has 1 aliphatic rings. The quantitative estimate of drug-likeness (QED) is 0.483. The van der Waals surface area contributed by atoms with Gasteiger partial charge in [-0.15, -0.1) is 11.3 Å². The molecule has 1 unspecified atom stereocenters. The Morgan fingerprint density at radius 2 is 1.93 bits per heavy atom. The van der Waals surface area contributed by atoms with Gasteiger partial charge in [-0.1, -0.05) is 28.1 Å². The summed E-state index contributed by atoms with van der Waals surface area (Å²) in [5.74, 6) is -0.290. The van der Waals surface area contributed by atoms with Gasteiger partial charge in [0.2, 0.25) is 5.76 Å². The number of benzene rings is 2. The molecule has 0 aliphatic carbocycles. The molecule has 28 heavy (non-hydrogen) atoms. The number of rotatable bonds is 2. The summed E-state index contributed by atoms with van der Waals surface area (Å²) in [6.07, 6.45) is 1.60. The Labute approximate surface area is 170 Å². The molecule has 0 bridgehead atoms. The van der Waals surface area contributed by atoms with Crippen molar-refractivity contribution in [2.24, 2.45) is 0 Å². The Morgan fingerprint density at radius 1 is 1.14 bits per heavy atom. The van der Waals surface area contributed by atoms with Gasteiger partial charge in [-0.2, -0.15) is 0 Å². The summed E-state index contributed by atoms with van der Waals surface area (Å²) in [6.45, 7) is 0. The summed E-state index contributed by atoms with van der Waals surface area (Å²) < 4.78 is 6.62. The van der Waals surface area contributed by atoms with Crippen LogP contribution in [0.5, 0.6) is 5.75 Å². The standard InChI is InChI=1S/C20H11BrN2O4S/c21-11-3-6-14-13(9-11)17(25)15-16(10-1-4-12(24)5-2-10)23(19(26)18(15)27-14)20-22-7-8-28-20/h1-9,16,24H. The number of nitrogens with zero attached hydrogens (tertiary/aromatic N) is 2. The molecule has 1 atom stereocenters. The van der Waals surface area contributed by atoms with E-state index in [1.54, 1.807) is 41.9 Å². The van der Waals surface area contributed by atoms with Gasteiger partial charge in [0, 0.05) is 16.0 Å². The van der Waals surface area contributed by atoms with E-state index in [1.165, 1.54) is 28.4 Å². The van der Waals surface area contributed by atoms with E-state index < -0.39 is 11.9 Å². The summed E-state index contributed by atoms with van der Waals surface area (Å²) in [5, 5.41) is 12.3. The number of amides is 1. The highest BCUT2D eigenvalue weighted by atomic mass is 79.9. The normalized spacial score (nSPS) is 16.0. The zero-order chi connectivity index (χ0) is 19.4. The second kappa shape index (κ2) is 6.29. The molecule has 1 amide bonds. The van der Waals surface area contributed by atoms with E-state index in [4.69, 9.17) is 4.42 Å². The van der Waals surface area contributed by atoms with Crippen molar-refractivity contribution in [3.05, 3.63) is 85.6 Å². The Hall–Kier alpha value is -2.97. The Kier molecular flexibility index (Phi) is 3.85. The molecule has 4 aromatic rings. The molecular formula is C20H11BrN2O4S. The zero-order valence-electron chi connectivity index (χ0n) is 14.1. The van der Waals surface area contributed by atoms with Crippen molar-refractivity contribution in [3.63, 3.8) is 0 Å². The average molecular weight is 455 g/mol. The van der Waals surface area contributed by atoms with Gasteiger partial charge in [0.05, 0.1) is 17.0 Å². The first-order valence-corrected chi connectivity index (χ1v) is 10.00. The average Bonchev–Trinajstić information content (AvgIpc) is 3.30. The van der Waals surface area contributed by atoms with Gasteiger partial charge in [0.15, 0.2) is 10.6 Å². The number of aromatic hydroxyl groups is 1. The van der Waals surface area contributed by atoms with Crippen LogP contribution in [0.3, 0.4) is 0 Å². The number of hydrogen-bond acceptors (Lipinski definition) is 6. The Balaban J connectivity index is 1.83. The molecule has 138 valence electrons. The molecule has 0 radical (unpaired) electrons. The van der Waals surface area contributed by atoms with Crippen LogP contribution in [-0.4, -0.2) is 16.0 Å². The number of halogens is 1. The Morgan fingerprint density at radius 3 is 2.64 bits per heavy atom. The van der Waals surface area contributed by atoms with Crippen molar-refractivity contribution >= 4 is 49.3 Å². The lowest BCUT2D eigenvalue weighted by molar-refractivity contribution is 0.0971. The lowest BCUT2D eigenvalue weighted by Crippen LogP contribution is -2.29. The van der Waals surface area contributed by atoms with E-state index in [9.17, 15) is 14.7 Å². The van der Waals surface area contributed by atoms with E-state index in [-0.39, 0.29) is 22.5 Å². The fourth-order valence-corrected chi connectivity index (χ4v) is 4.48. The first-order chi connectivity index (χ1) is 13.5. The van der Waals surface area contributed by atoms with Gasteiger partial charge < -0.3 is 9.52 Å². The monoisotopic (exact) mass is 454 g/mol. The van der Waals surface area contributed by atoms with Crippen molar-refractivity contribution in [1.82, 2.24) is 4.98 Å². The van der Waals surface area contributed by atoms with Crippen LogP contribution in [-0.2, 0) is 0 Å². The van der Waals surface area contributed by atoms with Crippen molar-refractivity contribution in [1.29, 1.82) is 0 Å². The van der Waals surface area contributed by atoms with Crippen LogP contribution in [0.1, 0.15) is 27.7 Å². The summed E-state index contributed by atoms with van der Waals surface area (Å²) in [4.78, 5) is 32.3. The molecule has 2 aromatic heterocycles. The number of aromatic nitrogens is 1. The lowest BCUT2D eigenvalue weighted by Gasteiger charge is -2.22. The van der Waals surface area contributed by atoms with E-state index in [0.717, 1.165) is 4.47 Å². The fourth-order valence-electron chi connectivity index (χ4n) is 3.45. The maximum atomic E-state index is 13.4. The molecule has 2 aromatic carbocycles. The number of fused-ring (bicyclic) bond motifs is 2. The van der Waals surface area contributed by atoms with Gasteiger partial charge in [-0.25, -0.2) is 4.98 Å². The van der Waals surface area contributed by atoms with Crippen LogP contribution >= 0.6 is 27.3 Å². The molecule has 8 heteroatoms. The zero-order valence-corrected chi connectivity index (χ0v) is 16.5. The minimum Gasteiger partial charge on any atom is -0.508 e. The molecule has 0 spiro atoms. The molecule has 0 saturated heterocycles. The van der Waals surface area contributed by atoms with E-state index >= 15 is 0 Å². The summed E-state index contributed by atoms with van der Waals surface area (Å²) in [5.41, 5.74) is 1.05. The summed E-state index contributed by atoms with van der Waals surface area (Å²) in [6, 6.07) is 10.8. The topological polar surface area (TPSA) is 83.6 Å². The third kappa shape index (κ3) is 2.49. The van der Waals surface area contributed by atoms with E-state index in [1.807, 2.05) is 0 Å². The molecule has 5 rings (SSSR count). The lowest BCUT2D eigenvalue weighted by atomic mass is 9.98. The van der Waals surface area contributed by atoms with E-state index in [0.29, 0.717) is 21.7 Å². The molecule has 1 aliphatic heterocycles. The van der Waals surface area contributed by atoms with Gasteiger partial charge in [-0.05, 0) is 35.9 Å². The fraction of sp³-hybridized carbons (Fsp3) is 0.0500. The number of hydrogen-bond donors (Lipinski definition) is 1. The molecule has 1 N–H and O–H groups in total. The van der Waals surface area contributed by atoms with Crippen molar-refractivity contribution < 1.29 is 14.3 Å². The highest BCUT2D eigenvalue weighted by Gasteiger charge is 2.44. The predicted molar refractivity (Wildman–Crippen MR) is 109 cm³/mol. The van der Waals surface area contributed by atoms with Gasteiger partial charge in [-0.3, -0.25) is 14.5 Å². The second-order valence-electron chi connectivity index (χ2n) is 6.30. The molecule has 0 saturated carbocycles. The number of thiazole rings is 1. The highest BCUT2D eigenvalue weighted by molar-refractivity contribution is 9.10. The number of carbonyl (C=O) groups excluding carboxylic acids is 1. The van der Waals surface area contributed by atoms with Crippen molar-refractivity contribution in [2.45, 2.75) is 6.04 Å². The summed E-state index contributed by atoms with van der Waals surface area (Å²) >= 11 is 4.68. The number of phenols is 1. The van der Waals surface area contributed by atoms with E-state index in [2.05, 4.69) is 20.9 Å². The number of anilines is 1. The Bertz CT molecular complexity index is 1280. The first kappa shape index (κ1) is 17.2. The van der Waals surface area contributed by atoms with Gasteiger partial charge in [0.25, 0.3) is 5.91 Å². The van der Waals surface area contributed by atoms with Crippen molar-refractivity contribution in [2.75, 3.05) is 4.90 Å². The van der Waals surface area contributed by atoms with Crippen LogP contribution in [0, 0.1) is 0 Å². The van der Waals surface area contributed by atoms with Crippen LogP contribution in [0.25, 0.3) is 11.0 Å². The van der Waals surface area contributed by atoms with Gasteiger partial charge in [0.1, 0.15) is 11.3 Å². The third-order valence-corrected chi connectivity index (χ3v) is 5.93. The molecule has 6 nitrogen and oxygen atoms in total. The minimum atomic E-state index is -0.686. The van der Waals surface area contributed by atoms with Crippen LogP contribution in [0.4, 0.5) is 5.13 Å². The SMILES string of the molecule is O=C1c2oc3ccc(Br)cc3c(=O)c2C(c2ccc(O)cc2)N1c1nccs1. The maximum absolute atomic E-state index is 13.4. The van der Waals surface area contributed by atoms with Crippen LogP contribution in [0.2, 0.25) is 0 Å². The predicted octanol–water partition coefficient (Wildman–Crippen LogP) is 4.47. The third-order valence-electron chi connectivity index (χ3n) is 4.67. The largest absolute Gasteiger partial charge is 0.508 e. The highest BCUT2D eigenvalue weighted by Crippen LogP contribution is 2.42. The molecule has 3 heterocycles. The van der Waals surface area contributed by atoms with Crippen LogP contribution < -0.4 is 10.3 Å². The molecular weight excluding hydrogens is 444 g/mol. The van der Waals surface area contributed by atoms with Crippen molar-refractivity contribution in [3.8, 4) is 5.75 Å². The maximum Gasteiger partial charge on any atom is 0.297 e. The number of carbonyl (C=O) groups is 1. The first-order valence-electron chi connectivity index (χ1n) is 8.33. The minimum absolute atomic E-state index is 0.0214. The second-order valence-corrected chi connectivity index (χ2v) is 8.09. The van der Waals surface area contributed by atoms with Crippen LogP contribution in [0.15, 0.2) is 67.7 Å². The van der Waals surface area contributed by atoms with Gasteiger partial charge >= 0.3 is 0 Å².